The Bertz CT molecular complexity index is 388. The van der Waals surface area contributed by atoms with Crippen LogP contribution in [-0.2, 0) is 4.79 Å². The van der Waals surface area contributed by atoms with Crippen molar-refractivity contribution in [2.75, 3.05) is 18.8 Å². The predicted molar refractivity (Wildman–Crippen MR) is 68.2 cm³/mol. The maximum Gasteiger partial charge on any atom is 0.222 e. The van der Waals surface area contributed by atoms with Gasteiger partial charge in [-0.15, -0.1) is 0 Å². The summed E-state index contributed by atoms with van der Waals surface area (Å²) in [5, 5.41) is 0. The molecule has 1 unspecified atom stereocenters. The molecule has 92 valence electrons. The van der Waals surface area contributed by atoms with E-state index in [2.05, 4.69) is 0 Å². The van der Waals surface area contributed by atoms with Gasteiger partial charge in [-0.2, -0.15) is 0 Å². The zero-order valence-corrected chi connectivity index (χ0v) is 9.93. The van der Waals surface area contributed by atoms with Crippen molar-refractivity contribution in [3.63, 3.8) is 0 Å². The van der Waals surface area contributed by atoms with Crippen LogP contribution in [-0.4, -0.2) is 23.9 Å². The van der Waals surface area contributed by atoms with E-state index < -0.39 is 0 Å². The van der Waals surface area contributed by atoms with Gasteiger partial charge in [0.1, 0.15) is 0 Å². The van der Waals surface area contributed by atoms with Crippen LogP contribution in [0.25, 0.3) is 0 Å². The zero-order chi connectivity index (χ0) is 12.3. The number of carbonyl (C=O) groups excluding carboxylic acids is 1. The normalized spacial score (nSPS) is 18.2. The Hall–Kier alpha value is -1.55. The number of anilines is 1. The molecule has 4 N–H and O–H groups in total. The van der Waals surface area contributed by atoms with Crippen LogP contribution < -0.4 is 11.5 Å². The molecular formula is C13H19N3O. The standard InChI is InChI=1S/C13H19N3O/c14-11-6-4-10(5-7-11)12(15)9-16-8-2-1-3-13(16)17/h4-7,12H,1-3,8-9,14-15H2. The number of hydrogen-bond acceptors (Lipinski definition) is 3. The number of piperidine rings is 1. The molecule has 0 spiro atoms. The number of amides is 1. The minimum atomic E-state index is -0.127. The minimum Gasteiger partial charge on any atom is -0.399 e. The van der Waals surface area contributed by atoms with Crippen molar-refractivity contribution < 1.29 is 4.79 Å². The first-order valence-corrected chi connectivity index (χ1v) is 6.05. The third-order valence-corrected chi connectivity index (χ3v) is 3.20. The topological polar surface area (TPSA) is 72.3 Å². The van der Waals surface area contributed by atoms with Crippen LogP contribution in [0, 0.1) is 0 Å². The van der Waals surface area contributed by atoms with Crippen molar-refractivity contribution in [3.05, 3.63) is 29.8 Å². The number of rotatable bonds is 3. The molecule has 0 aromatic heterocycles. The van der Waals surface area contributed by atoms with E-state index in [0.29, 0.717) is 13.0 Å². The van der Waals surface area contributed by atoms with E-state index in [1.165, 1.54) is 0 Å². The first kappa shape index (κ1) is 11.9. The average Bonchev–Trinajstić information content (AvgIpc) is 2.33. The summed E-state index contributed by atoms with van der Waals surface area (Å²) in [6.45, 7) is 1.43. The van der Waals surface area contributed by atoms with E-state index in [-0.39, 0.29) is 11.9 Å². The second-order valence-electron chi connectivity index (χ2n) is 4.57. The number of benzene rings is 1. The second-order valence-corrected chi connectivity index (χ2v) is 4.57. The molecule has 0 aliphatic carbocycles. The summed E-state index contributed by atoms with van der Waals surface area (Å²) in [4.78, 5) is 13.5. The van der Waals surface area contributed by atoms with Gasteiger partial charge in [-0.3, -0.25) is 4.79 Å². The molecule has 1 aliphatic rings. The summed E-state index contributed by atoms with van der Waals surface area (Å²) in [5.41, 5.74) is 13.5. The molecular weight excluding hydrogens is 214 g/mol. The lowest BCUT2D eigenvalue weighted by Crippen LogP contribution is -2.40. The van der Waals surface area contributed by atoms with Gasteiger partial charge in [-0.1, -0.05) is 12.1 Å². The quantitative estimate of drug-likeness (QED) is 0.772. The highest BCUT2D eigenvalue weighted by Gasteiger charge is 2.20. The molecule has 0 saturated carbocycles. The van der Waals surface area contributed by atoms with Crippen LogP contribution in [0.5, 0.6) is 0 Å². The Morgan fingerprint density at radius 2 is 1.94 bits per heavy atom. The molecule has 17 heavy (non-hydrogen) atoms. The van der Waals surface area contributed by atoms with Crippen LogP contribution in [0.1, 0.15) is 30.9 Å². The van der Waals surface area contributed by atoms with Crippen LogP contribution in [0.15, 0.2) is 24.3 Å². The lowest BCUT2D eigenvalue weighted by atomic mass is 10.0. The van der Waals surface area contributed by atoms with E-state index in [9.17, 15) is 4.79 Å². The molecule has 1 aliphatic heterocycles. The van der Waals surface area contributed by atoms with E-state index in [1.54, 1.807) is 0 Å². The van der Waals surface area contributed by atoms with E-state index in [4.69, 9.17) is 11.5 Å². The Morgan fingerprint density at radius 1 is 1.24 bits per heavy atom. The third kappa shape index (κ3) is 2.97. The Labute approximate surface area is 102 Å². The molecule has 1 saturated heterocycles. The summed E-state index contributed by atoms with van der Waals surface area (Å²) in [7, 11) is 0. The molecule has 2 rings (SSSR count). The van der Waals surface area contributed by atoms with Gasteiger partial charge in [-0.25, -0.2) is 0 Å². The monoisotopic (exact) mass is 233 g/mol. The van der Waals surface area contributed by atoms with Gasteiger partial charge < -0.3 is 16.4 Å². The minimum absolute atomic E-state index is 0.127. The van der Waals surface area contributed by atoms with Gasteiger partial charge in [0.15, 0.2) is 0 Å². The molecule has 1 fully saturated rings. The fourth-order valence-corrected chi connectivity index (χ4v) is 2.14. The molecule has 1 heterocycles. The number of nitrogens with two attached hydrogens (primary N) is 2. The molecule has 0 bridgehead atoms. The maximum atomic E-state index is 11.7. The first-order valence-electron chi connectivity index (χ1n) is 6.05. The molecule has 1 aromatic rings. The summed E-state index contributed by atoms with van der Waals surface area (Å²) < 4.78 is 0. The van der Waals surface area contributed by atoms with Gasteiger partial charge >= 0.3 is 0 Å². The summed E-state index contributed by atoms with van der Waals surface area (Å²) in [6, 6.07) is 7.40. The fraction of sp³-hybridized carbons (Fsp3) is 0.462. The fourth-order valence-electron chi connectivity index (χ4n) is 2.14. The van der Waals surface area contributed by atoms with E-state index in [0.717, 1.165) is 30.6 Å². The molecule has 0 radical (unpaired) electrons. The molecule has 4 nitrogen and oxygen atoms in total. The number of hydrogen-bond donors (Lipinski definition) is 2. The number of nitrogens with zero attached hydrogens (tertiary/aromatic N) is 1. The average molecular weight is 233 g/mol. The highest BCUT2D eigenvalue weighted by atomic mass is 16.2. The van der Waals surface area contributed by atoms with E-state index >= 15 is 0 Å². The van der Waals surface area contributed by atoms with Gasteiger partial charge in [0.25, 0.3) is 0 Å². The van der Waals surface area contributed by atoms with Crippen LogP contribution in [0.2, 0.25) is 0 Å². The highest BCUT2D eigenvalue weighted by molar-refractivity contribution is 5.76. The summed E-state index contributed by atoms with van der Waals surface area (Å²) in [5.74, 6) is 0.224. The van der Waals surface area contributed by atoms with Crippen molar-refractivity contribution in [2.45, 2.75) is 25.3 Å². The van der Waals surface area contributed by atoms with Crippen LogP contribution in [0.4, 0.5) is 5.69 Å². The highest BCUT2D eigenvalue weighted by Crippen LogP contribution is 2.17. The van der Waals surface area contributed by atoms with Crippen molar-refractivity contribution in [2.24, 2.45) is 5.73 Å². The van der Waals surface area contributed by atoms with Gasteiger partial charge in [0.2, 0.25) is 5.91 Å². The lowest BCUT2D eigenvalue weighted by Gasteiger charge is -2.29. The van der Waals surface area contributed by atoms with Gasteiger partial charge in [0, 0.05) is 31.2 Å². The Kier molecular flexibility index (Phi) is 3.64. The Balaban J connectivity index is 1.98. The zero-order valence-electron chi connectivity index (χ0n) is 9.93. The molecule has 1 aromatic carbocycles. The van der Waals surface area contributed by atoms with Gasteiger partial charge in [-0.05, 0) is 30.5 Å². The largest absolute Gasteiger partial charge is 0.399 e. The lowest BCUT2D eigenvalue weighted by molar-refractivity contribution is -0.133. The Morgan fingerprint density at radius 3 is 2.59 bits per heavy atom. The number of nitrogen functional groups attached to an aromatic ring is 1. The summed E-state index contributed by atoms with van der Waals surface area (Å²) >= 11 is 0. The SMILES string of the molecule is Nc1ccc(C(N)CN2CCCCC2=O)cc1. The maximum absolute atomic E-state index is 11.7. The van der Waals surface area contributed by atoms with Crippen LogP contribution in [0.3, 0.4) is 0 Å². The number of likely N-dealkylation sites (tertiary alicyclic amines) is 1. The number of carbonyl (C=O) groups is 1. The van der Waals surface area contributed by atoms with Crippen molar-refractivity contribution in [1.29, 1.82) is 0 Å². The smallest absolute Gasteiger partial charge is 0.222 e. The van der Waals surface area contributed by atoms with Gasteiger partial charge in [0.05, 0.1) is 0 Å². The summed E-state index contributed by atoms with van der Waals surface area (Å²) in [6.07, 6.45) is 2.75. The molecule has 1 amide bonds. The predicted octanol–water partition coefficient (Wildman–Crippen LogP) is 1.28. The molecule has 1 atom stereocenters. The van der Waals surface area contributed by atoms with Crippen molar-refractivity contribution >= 4 is 11.6 Å². The van der Waals surface area contributed by atoms with Crippen LogP contribution >= 0.6 is 0 Å². The van der Waals surface area contributed by atoms with Crippen molar-refractivity contribution in [1.82, 2.24) is 4.90 Å². The van der Waals surface area contributed by atoms with E-state index in [1.807, 2.05) is 29.2 Å². The first-order chi connectivity index (χ1) is 8.16. The molecule has 4 heteroatoms. The van der Waals surface area contributed by atoms with Crippen molar-refractivity contribution in [3.8, 4) is 0 Å². The third-order valence-electron chi connectivity index (χ3n) is 3.20. The second kappa shape index (κ2) is 5.19.